The molecule has 0 fully saturated rings. The van der Waals surface area contributed by atoms with Gasteiger partial charge in [0.2, 0.25) is 0 Å². The number of hydrogen-bond donors (Lipinski definition) is 0. The molecule has 0 aliphatic heterocycles. The van der Waals surface area contributed by atoms with Crippen molar-refractivity contribution in [2.45, 2.75) is 59.2 Å². The quantitative estimate of drug-likeness (QED) is 0.422. The van der Waals surface area contributed by atoms with E-state index in [0.717, 1.165) is 47.6 Å². The third-order valence-electron chi connectivity index (χ3n) is 4.54. The maximum Gasteiger partial charge on any atom is 0.308 e. The van der Waals surface area contributed by atoms with E-state index in [4.69, 9.17) is 9.15 Å². The number of rotatable bonds is 7. The lowest BCUT2D eigenvalue weighted by molar-refractivity contribution is -0.132. The van der Waals surface area contributed by atoms with Gasteiger partial charge < -0.3 is 9.15 Å². The Morgan fingerprint density at radius 3 is 2.25 bits per heavy atom. The number of esters is 1. The highest BCUT2D eigenvalue weighted by atomic mass is 28.3. The number of benzene rings is 1. The predicted molar refractivity (Wildman–Crippen MR) is 101 cm³/mol. The molecule has 130 valence electrons. The molecule has 1 heterocycles. The summed E-state index contributed by atoms with van der Waals surface area (Å²) in [4.78, 5) is 11.4. The van der Waals surface area contributed by atoms with Crippen molar-refractivity contribution in [2.75, 3.05) is 0 Å². The summed E-state index contributed by atoms with van der Waals surface area (Å²) in [6.45, 7) is 10.4. The molecule has 2 rings (SSSR count). The van der Waals surface area contributed by atoms with E-state index in [0.29, 0.717) is 0 Å². The molecule has 0 bridgehead atoms. The summed E-state index contributed by atoms with van der Waals surface area (Å²) >= 11 is 0. The van der Waals surface area contributed by atoms with Crippen LogP contribution in [0, 0.1) is 0 Å². The summed E-state index contributed by atoms with van der Waals surface area (Å²) in [5, 5.41) is 1.16. The fourth-order valence-corrected chi connectivity index (χ4v) is 5.11. The Balaban J connectivity index is 2.23. The van der Waals surface area contributed by atoms with E-state index >= 15 is 0 Å². The Hall–Kier alpha value is -1.81. The van der Waals surface area contributed by atoms with Crippen LogP contribution in [-0.4, -0.2) is 14.0 Å². The average Bonchev–Trinajstić information content (AvgIpc) is 3.08. The van der Waals surface area contributed by atoms with Crippen molar-refractivity contribution in [1.29, 1.82) is 0 Å². The second kappa shape index (κ2) is 7.84. The van der Waals surface area contributed by atoms with Crippen LogP contribution in [-0.2, 0) is 24.1 Å². The second-order valence-corrected chi connectivity index (χ2v) is 11.7. The standard InChI is InChI=1S/C20H28O3Si/c1-6-17-13-16(14-18(7-2)20(17)23-15(3)21)10-12-24(4,5)19-9-8-11-22-19/h8-9,11,13-14H,6-7,10,12H2,1-5H3. The first-order valence-corrected chi connectivity index (χ1v) is 11.9. The third-order valence-corrected chi connectivity index (χ3v) is 7.66. The molecule has 0 aliphatic carbocycles. The van der Waals surface area contributed by atoms with E-state index in [1.165, 1.54) is 12.5 Å². The fourth-order valence-electron chi connectivity index (χ4n) is 3.01. The van der Waals surface area contributed by atoms with Gasteiger partial charge >= 0.3 is 5.97 Å². The lowest BCUT2D eigenvalue weighted by Gasteiger charge is -2.20. The lowest BCUT2D eigenvalue weighted by atomic mass is 9.99. The number of aryl methyl sites for hydroxylation is 3. The number of hydrogen-bond acceptors (Lipinski definition) is 3. The molecule has 0 saturated carbocycles. The largest absolute Gasteiger partial charge is 0.475 e. The van der Waals surface area contributed by atoms with E-state index in [2.05, 4.69) is 45.1 Å². The highest BCUT2D eigenvalue weighted by Crippen LogP contribution is 2.29. The summed E-state index contributed by atoms with van der Waals surface area (Å²) in [5.74, 6) is 0.511. The first kappa shape index (κ1) is 18.5. The van der Waals surface area contributed by atoms with E-state index in [9.17, 15) is 4.79 Å². The Kier molecular flexibility index (Phi) is 6.05. The first-order chi connectivity index (χ1) is 11.4. The van der Waals surface area contributed by atoms with Crippen LogP contribution in [0.15, 0.2) is 34.9 Å². The zero-order valence-corrected chi connectivity index (χ0v) is 16.4. The van der Waals surface area contributed by atoms with Crippen LogP contribution in [0.4, 0.5) is 0 Å². The number of carbonyl (C=O) groups excluding carboxylic acids is 1. The molecule has 0 radical (unpaired) electrons. The first-order valence-electron chi connectivity index (χ1n) is 8.74. The van der Waals surface area contributed by atoms with Gasteiger partial charge in [-0.25, -0.2) is 0 Å². The minimum atomic E-state index is -1.56. The van der Waals surface area contributed by atoms with Crippen molar-refractivity contribution in [2.24, 2.45) is 0 Å². The van der Waals surface area contributed by atoms with Crippen LogP contribution in [0.2, 0.25) is 19.1 Å². The van der Waals surface area contributed by atoms with Gasteiger partial charge in [-0.15, -0.1) is 0 Å². The monoisotopic (exact) mass is 344 g/mol. The van der Waals surface area contributed by atoms with Crippen LogP contribution in [0.5, 0.6) is 5.75 Å². The van der Waals surface area contributed by atoms with Gasteiger partial charge in [-0.1, -0.05) is 39.1 Å². The van der Waals surface area contributed by atoms with Crippen molar-refractivity contribution >= 4 is 19.4 Å². The second-order valence-electron chi connectivity index (χ2n) is 6.91. The summed E-state index contributed by atoms with van der Waals surface area (Å²) in [5.41, 5.74) is 3.57. The fraction of sp³-hybridized carbons (Fsp3) is 0.450. The molecule has 0 amide bonds. The van der Waals surface area contributed by atoms with E-state index in [1.807, 2.05) is 6.07 Å². The number of carbonyl (C=O) groups is 1. The van der Waals surface area contributed by atoms with Crippen LogP contribution >= 0.6 is 0 Å². The molecule has 24 heavy (non-hydrogen) atoms. The van der Waals surface area contributed by atoms with Gasteiger partial charge in [0.15, 0.2) is 0 Å². The molecule has 0 unspecified atom stereocenters. The summed E-state index contributed by atoms with van der Waals surface area (Å²) in [7, 11) is -1.56. The molecule has 3 nitrogen and oxygen atoms in total. The molecule has 4 heteroatoms. The molecule has 1 aromatic heterocycles. The highest BCUT2D eigenvalue weighted by molar-refractivity contribution is 6.88. The summed E-state index contributed by atoms with van der Waals surface area (Å²) < 4.78 is 11.1. The molecule has 0 atom stereocenters. The molecule has 2 aromatic rings. The molecular weight excluding hydrogens is 316 g/mol. The van der Waals surface area contributed by atoms with Gasteiger partial charge in [-0.2, -0.15) is 0 Å². The SMILES string of the molecule is CCc1cc(CC[Si](C)(C)c2ccco2)cc(CC)c1OC(C)=O. The van der Waals surface area contributed by atoms with Gasteiger partial charge in [-0.05, 0) is 54.1 Å². The van der Waals surface area contributed by atoms with E-state index in [-0.39, 0.29) is 5.97 Å². The van der Waals surface area contributed by atoms with Crippen LogP contribution in [0.3, 0.4) is 0 Å². The Morgan fingerprint density at radius 1 is 1.17 bits per heavy atom. The Labute approximate surface area is 146 Å². The van der Waals surface area contributed by atoms with Gasteiger partial charge in [0, 0.05) is 6.92 Å². The molecule has 0 N–H and O–H groups in total. The Bertz CT molecular complexity index is 662. The molecule has 0 spiro atoms. The van der Waals surface area contributed by atoms with E-state index < -0.39 is 8.07 Å². The van der Waals surface area contributed by atoms with Crippen molar-refractivity contribution in [3.8, 4) is 5.75 Å². The van der Waals surface area contributed by atoms with Crippen LogP contribution in [0.25, 0.3) is 0 Å². The van der Waals surface area contributed by atoms with Crippen molar-refractivity contribution < 1.29 is 13.9 Å². The van der Waals surface area contributed by atoms with Gasteiger partial charge in [0.1, 0.15) is 13.8 Å². The molecule has 1 aromatic carbocycles. The Morgan fingerprint density at radius 2 is 1.79 bits per heavy atom. The van der Waals surface area contributed by atoms with Gasteiger partial charge in [0.25, 0.3) is 0 Å². The van der Waals surface area contributed by atoms with E-state index in [1.54, 1.807) is 6.26 Å². The zero-order chi connectivity index (χ0) is 17.7. The topological polar surface area (TPSA) is 39.4 Å². The smallest absolute Gasteiger partial charge is 0.308 e. The average molecular weight is 345 g/mol. The number of furan rings is 1. The van der Waals surface area contributed by atoms with Crippen molar-refractivity contribution in [3.63, 3.8) is 0 Å². The molecular formula is C20H28O3Si. The summed E-state index contributed by atoms with van der Waals surface area (Å²) in [6, 6.07) is 9.61. The lowest BCUT2D eigenvalue weighted by Crippen LogP contribution is -2.40. The van der Waals surface area contributed by atoms with Gasteiger partial charge in [0.05, 0.1) is 11.6 Å². The minimum absolute atomic E-state index is 0.251. The molecule has 0 aliphatic rings. The third kappa shape index (κ3) is 4.38. The summed E-state index contributed by atoms with van der Waals surface area (Å²) in [6.07, 6.45) is 4.52. The maximum absolute atomic E-state index is 11.4. The highest BCUT2D eigenvalue weighted by Gasteiger charge is 2.26. The van der Waals surface area contributed by atoms with Crippen LogP contribution in [0.1, 0.15) is 37.5 Å². The number of ether oxygens (including phenoxy) is 1. The normalized spacial score (nSPS) is 11.5. The van der Waals surface area contributed by atoms with Crippen molar-refractivity contribution in [3.05, 3.63) is 47.2 Å². The zero-order valence-electron chi connectivity index (χ0n) is 15.4. The van der Waals surface area contributed by atoms with Crippen molar-refractivity contribution in [1.82, 2.24) is 0 Å². The molecule has 0 saturated heterocycles. The maximum atomic E-state index is 11.4. The minimum Gasteiger partial charge on any atom is -0.475 e. The van der Waals surface area contributed by atoms with Gasteiger partial charge in [-0.3, -0.25) is 4.79 Å². The van der Waals surface area contributed by atoms with Crippen LogP contribution < -0.4 is 10.1 Å². The predicted octanol–water partition coefficient (Wildman–Crippen LogP) is 4.49.